The van der Waals surface area contributed by atoms with Crippen molar-refractivity contribution in [2.24, 2.45) is 16.6 Å². The van der Waals surface area contributed by atoms with Crippen LogP contribution in [0.5, 0.6) is 5.88 Å². The number of ether oxygens (including phenoxy) is 3. The number of anilines is 1. The Labute approximate surface area is 184 Å². The van der Waals surface area contributed by atoms with Crippen LogP contribution in [0.15, 0.2) is 35.6 Å². The van der Waals surface area contributed by atoms with Gasteiger partial charge in [-0.05, 0) is 32.0 Å². The maximum absolute atomic E-state index is 14.9. The number of amides is 1. The number of carbonyl (C=O) groups is 1. The largest absolute Gasteiger partial charge is 0.463 e. The standard InChI is InChI=1S/C22H22FN5O4/c1-3-4-7-31-19-10-25-17(9-26-19)20(29)27-13-5-6-16(23)14(8-13)22(2)15-11-30-12-18(15)32-21(24)28-22/h5-6,8-10,15,18H,7,11-12H2,1-2H3,(H2,24,28)(H,27,29). The normalized spacial score (nSPS) is 23.8. The van der Waals surface area contributed by atoms with Crippen LogP contribution in [-0.2, 0) is 15.0 Å². The van der Waals surface area contributed by atoms with E-state index in [0.29, 0.717) is 18.9 Å². The number of hydrogen-bond acceptors (Lipinski definition) is 8. The summed E-state index contributed by atoms with van der Waals surface area (Å²) >= 11 is 0. The monoisotopic (exact) mass is 439 g/mol. The number of nitrogens with one attached hydrogen (secondary N) is 1. The van der Waals surface area contributed by atoms with Gasteiger partial charge in [0.15, 0.2) is 6.61 Å². The number of halogens is 1. The molecule has 3 heterocycles. The van der Waals surface area contributed by atoms with Gasteiger partial charge in [-0.15, -0.1) is 5.92 Å². The summed E-state index contributed by atoms with van der Waals surface area (Å²) < 4.78 is 31.2. The molecule has 32 heavy (non-hydrogen) atoms. The number of fused-ring (bicyclic) bond motifs is 1. The van der Waals surface area contributed by atoms with E-state index in [2.05, 4.69) is 32.1 Å². The van der Waals surface area contributed by atoms with E-state index in [1.54, 1.807) is 19.9 Å². The molecule has 2 aliphatic heterocycles. The summed E-state index contributed by atoms with van der Waals surface area (Å²) in [6.45, 7) is 4.39. The maximum atomic E-state index is 14.9. The lowest BCUT2D eigenvalue weighted by Gasteiger charge is -2.38. The third-order valence-corrected chi connectivity index (χ3v) is 5.46. The van der Waals surface area contributed by atoms with Gasteiger partial charge < -0.3 is 25.3 Å². The van der Waals surface area contributed by atoms with E-state index in [4.69, 9.17) is 19.9 Å². The third kappa shape index (κ3) is 4.20. The Hall–Kier alpha value is -3.71. The highest BCUT2D eigenvalue weighted by Crippen LogP contribution is 2.43. The minimum absolute atomic E-state index is 0.0180. The summed E-state index contributed by atoms with van der Waals surface area (Å²) in [5, 5.41) is 2.71. The van der Waals surface area contributed by atoms with E-state index in [1.165, 1.54) is 24.5 Å². The van der Waals surface area contributed by atoms with Gasteiger partial charge in [-0.2, -0.15) is 0 Å². The number of hydrogen-bond donors (Lipinski definition) is 2. The van der Waals surface area contributed by atoms with Crippen LogP contribution < -0.4 is 15.8 Å². The molecule has 1 aromatic heterocycles. The molecule has 4 rings (SSSR count). The summed E-state index contributed by atoms with van der Waals surface area (Å²) in [6, 6.07) is 4.26. The first-order valence-corrected chi connectivity index (χ1v) is 9.96. The molecule has 2 aliphatic rings. The number of nitrogens with zero attached hydrogens (tertiary/aromatic N) is 3. The van der Waals surface area contributed by atoms with Crippen LogP contribution in [-0.4, -0.2) is 47.8 Å². The number of aromatic nitrogens is 2. The Bertz CT molecular complexity index is 1110. The number of rotatable bonds is 5. The molecule has 3 unspecified atom stereocenters. The number of aliphatic imine (C=N–C) groups is 1. The lowest BCUT2D eigenvalue weighted by atomic mass is 9.77. The molecular formula is C22H22FN5O4. The SMILES string of the molecule is CC#CCOc1cnc(C(=O)Nc2ccc(F)c(C3(C)N=C(N)OC4COCC43)c2)cn1. The molecule has 9 nitrogen and oxygen atoms in total. The van der Waals surface area contributed by atoms with Crippen molar-refractivity contribution in [3.05, 3.63) is 47.7 Å². The predicted molar refractivity (Wildman–Crippen MR) is 113 cm³/mol. The number of amidine groups is 1. The average molecular weight is 439 g/mol. The van der Waals surface area contributed by atoms with Gasteiger partial charge in [-0.25, -0.2) is 19.4 Å². The highest BCUT2D eigenvalue weighted by atomic mass is 19.1. The Morgan fingerprint density at radius 2 is 2.22 bits per heavy atom. The molecule has 3 N–H and O–H groups in total. The smallest absolute Gasteiger partial charge is 0.283 e. The Morgan fingerprint density at radius 1 is 1.38 bits per heavy atom. The van der Waals surface area contributed by atoms with Gasteiger partial charge in [0.25, 0.3) is 11.9 Å². The quantitative estimate of drug-likeness (QED) is 0.682. The Morgan fingerprint density at radius 3 is 2.97 bits per heavy atom. The van der Waals surface area contributed by atoms with Gasteiger partial charge in [0, 0.05) is 11.3 Å². The van der Waals surface area contributed by atoms with Crippen LogP contribution in [0.4, 0.5) is 10.1 Å². The summed E-state index contributed by atoms with van der Waals surface area (Å²) in [6.07, 6.45) is 2.32. The Balaban J connectivity index is 1.54. The zero-order chi connectivity index (χ0) is 22.7. The first-order valence-electron chi connectivity index (χ1n) is 9.96. The molecule has 0 radical (unpaired) electrons. The highest BCUT2D eigenvalue weighted by molar-refractivity contribution is 6.02. The van der Waals surface area contributed by atoms with Gasteiger partial charge in [0.05, 0.1) is 37.1 Å². The Kier molecular flexibility index (Phi) is 5.92. The average Bonchev–Trinajstić information content (AvgIpc) is 3.25. The van der Waals surface area contributed by atoms with Crippen molar-refractivity contribution in [3.63, 3.8) is 0 Å². The topological polar surface area (TPSA) is 121 Å². The van der Waals surface area contributed by atoms with Crippen molar-refractivity contribution in [1.82, 2.24) is 9.97 Å². The van der Waals surface area contributed by atoms with E-state index in [-0.39, 0.29) is 41.8 Å². The minimum Gasteiger partial charge on any atom is -0.463 e. The van der Waals surface area contributed by atoms with Crippen molar-refractivity contribution in [3.8, 4) is 17.7 Å². The van der Waals surface area contributed by atoms with Gasteiger partial charge in [-0.1, -0.05) is 5.92 Å². The van der Waals surface area contributed by atoms with E-state index >= 15 is 0 Å². The molecule has 0 bridgehead atoms. The summed E-state index contributed by atoms with van der Waals surface area (Å²) in [4.78, 5) is 25.1. The zero-order valence-corrected chi connectivity index (χ0v) is 17.6. The van der Waals surface area contributed by atoms with Gasteiger partial charge in [0.2, 0.25) is 5.88 Å². The van der Waals surface area contributed by atoms with Crippen LogP contribution in [0.2, 0.25) is 0 Å². The third-order valence-electron chi connectivity index (χ3n) is 5.46. The van der Waals surface area contributed by atoms with Crippen LogP contribution in [0.3, 0.4) is 0 Å². The highest BCUT2D eigenvalue weighted by Gasteiger charge is 2.50. The van der Waals surface area contributed by atoms with Gasteiger partial charge in [-0.3, -0.25) is 4.79 Å². The molecule has 10 heteroatoms. The molecule has 3 atom stereocenters. The second-order valence-electron chi connectivity index (χ2n) is 7.50. The van der Waals surface area contributed by atoms with Gasteiger partial charge in [0.1, 0.15) is 17.6 Å². The molecule has 2 aromatic rings. The molecule has 0 saturated carbocycles. The van der Waals surface area contributed by atoms with Crippen molar-refractivity contribution >= 4 is 17.6 Å². The van der Waals surface area contributed by atoms with Crippen LogP contribution >= 0.6 is 0 Å². The van der Waals surface area contributed by atoms with E-state index < -0.39 is 17.3 Å². The van der Waals surface area contributed by atoms with Crippen LogP contribution in [0.1, 0.15) is 29.9 Å². The molecular weight excluding hydrogens is 417 g/mol. The zero-order valence-electron chi connectivity index (χ0n) is 17.6. The fraction of sp³-hybridized carbons (Fsp3) is 0.364. The number of nitrogens with two attached hydrogens (primary N) is 1. The molecule has 1 amide bonds. The van der Waals surface area contributed by atoms with E-state index in [9.17, 15) is 9.18 Å². The predicted octanol–water partition coefficient (Wildman–Crippen LogP) is 1.85. The van der Waals surface area contributed by atoms with Crippen molar-refractivity contribution in [2.45, 2.75) is 25.5 Å². The summed E-state index contributed by atoms with van der Waals surface area (Å²) in [7, 11) is 0. The van der Waals surface area contributed by atoms with Gasteiger partial charge >= 0.3 is 0 Å². The first kappa shape index (κ1) is 21.5. The van der Waals surface area contributed by atoms with Crippen molar-refractivity contribution in [1.29, 1.82) is 0 Å². The minimum atomic E-state index is -1.01. The molecule has 1 fully saturated rings. The molecule has 0 aliphatic carbocycles. The second kappa shape index (κ2) is 8.80. The lowest BCUT2D eigenvalue weighted by molar-refractivity contribution is 0.0817. The summed E-state index contributed by atoms with van der Waals surface area (Å²) in [5.74, 6) is 4.51. The van der Waals surface area contributed by atoms with Crippen molar-refractivity contribution in [2.75, 3.05) is 25.1 Å². The number of benzene rings is 1. The van der Waals surface area contributed by atoms with E-state index in [0.717, 1.165) is 0 Å². The van der Waals surface area contributed by atoms with Crippen LogP contribution in [0.25, 0.3) is 0 Å². The molecule has 1 aromatic carbocycles. The first-order chi connectivity index (χ1) is 15.4. The summed E-state index contributed by atoms with van der Waals surface area (Å²) in [5.41, 5.74) is 5.58. The van der Waals surface area contributed by atoms with Crippen molar-refractivity contribution < 1.29 is 23.4 Å². The van der Waals surface area contributed by atoms with Crippen LogP contribution in [0, 0.1) is 23.6 Å². The maximum Gasteiger partial charge on any atom is 0.283 e. The fourth-order valence-corrected chi connectivity index (χ4v) is 3.80. The molecule has 166 valence electrons. The molecule has 0 spiro atoms. The van der Waals surface area contributed by atoms with E-state index in [1.807, 2.05) is 0 Å². The number of carbonyl (C=O) groups excluding carboxylic acids is 1. The second-order valence-corrected chi connectivity index (χ2v) is 7.50. The molecule has 1 saturated heterocycles. The fourth-order valence-electron chi connectivity index (χ4n) is 3.80. The lowest BCUT2D eigenvalue weighted by Crippen LogP contribution is -2.47.